The van der Waals surface area contributed by atoms with Crippen LogP contribution in [0.1, 0.15) is 12.5 Å². The summed E-state index contributed by atoms with van der Waals surface area (Å²) in [7, 11) is 0. The molecule has 0 saturated carbocycles. The van der Waals surface area contributed by atoms with Crippen molar-refractivity contribution in [3.05, 3.63) is 71.2 Å². The molecule has 3 nitrogen and oxygen atoms in total. The van der Waals surface area contributed by atoms with Gasteiger partial charge in [0.05, 0.1) is 10.6 Å². The third-order valence-corrected chi connectivity index (χ3v) is 4.29. The predicted molar refractivity (Wildman–Crippen MR) is 99.1 cm³/mol. The number of carbonyl (C=O) groups is 1. The van der Waals surface area contributed by atoms with Crippen molar-refractivity contribution < 1.29 is 22.7 Å². The Labute approximate surface area is 158 Å². The van der Waals surface area contributed by atoms with Crippen LogP contribution in [0, 0.1) is 0 Å². The number of halogens is 4. The third kappa shape index (κ3) is 4.34. The van der Waals surface area contributed by atoms with Gasteiger partial charge in [0.25, 0.3) is 5.91 Å². The van der Waals surface area contributed by atoms with E-state index in [2.05, 4.69) is 5.32 Å². The molecule has 3 aromatic carbocycles. The standard InChI is InChI=1S/C20H15ClF3NO2/c1-12(27-18-8-4-6-13-5-2-3-7-15(13)18)19(26)25-14-9-10-17(21)16(11-14)20(22,23)24/h2-12H,1H3,(H,25,26). The molecule has 27 heavy (non-hydrogen) atoms. The van der Waals surface area contributed by atoms with E-state index in [1.165, 1.54) is 13.0 Å². The second kappa shape index (κ2) is 7.48. The van der Waals surface area contributed by atoms with E-state index in [9.17, 15) is 18.0 Å². The Morgan fingerprint density at radius 3 is 2.52 bits per heavy atom. The van der Waals surface area contributed by atoms with E-state index in [1.54, 1.807) is 12.1 Å². The molecule has 3 aromatic rings. The Bertz CT molecular complexity index is 983. The van der Waals surface area contributed by atoms with Gasteiger partial charge in [-0.05, 0) is 36.6 Å². The first-order chi connectivity index (χ1) is 12.8. The topological polar surface area (TPSA) is 38.3 Å². The summed E-state index contributed by atoms with van der Waals surface area (Å²) in [4.78, 5) is 12.3. The van der Waals surface area contributed by atoms with Crippen LogP contribution < -0.4 is 10.1 Å². The normalized spacial score (nSPS) is 12.6. The Morgan fingerprint density at radius 1 is 1.07 bits per heavy atom. The van der Waals surface area contributed by atoms with Gasteiger partial charge in [0.1, 0.15) is 5.75 Å². The SMILES string of the molecule is CC(Oc1cccc2ccccc12)C(=O)Nc1ccc(Cl)c(C(F)(F)F)c1. The van der Waals surface area contributed by atoms with Gasteiger partial charge in [0.2, 0.25) is 0 Å². The number of hydrogen-bond acceptors (Lipinski definition) is 2. The summed E-state index contributed by atoms with van der Waals surface area (Å²) < 4.78 is 44.5. The van der Waals surface area contributed by atoms with Crippen LogP contribution in [0.4, 0.5) is 18.9 Å². The minimum atomic E-state index is -4.61. The first-order valence-electron chi connectivity index (χ1n) is 8.08. The van der Waals surface area contributed by atoms with Gasteiger partial charge >= 0.3 is 6.18 Å². The molecule has 7 heteroatoms. The fourth-order valence-electron chi connectivity index (χ4n) is 2.61. The summed E-state index contributed by atoms with van der Waals surface area (Å²) >= 11 is 5.59. The molecule has 0 aliphatic rings. The van der Waals surface area contributed by atoms with Crippen LogP contribution in [0.5, 0.6) is 5.75 Å². The number of nitrogens with one attached hydrogen (secondary N) is 1. The molecule has 1 N–H and O–H groups in total. The van der Waals surface area contributed by atoms with Crippen LogP contribution in [0.25, 0.3) is 10.8 Å². The van der Waals surface area contributed by atoms with Gasteiger partial charge in [-0.2, -0.15) is 13.2 Å². The highest BCUT2D eigenvalue weighted by atomic mass is 35.5. The first-order valence-corrected chi connectivity index (χ1v) is 8.45. The van der Waals surface area contributed by atoms with E-state index >= 15 is 0 Å². The Morgan fingerprint density at radius 2 is 1.78 bits per heavy atom. The van der Waals surface area contributed by atoms with Crippen molar-refractivity contribution in [2.24, 2.45) is 0 Å². The summed E-state index contributed by atoms with van der Waals surface area (Å²) in [6, 6.07) is 16.2. The molecule has 0 aliphatic heterocycles. The average Bonchev–Trinajstić information content (AvgIpc) is 2.62. The second-order valence-corrected chi connectivity index (χ2v) is 6.33. The minimum absolute atomic E-state index is 0.00917. The van der Waals surface area contributed by atoms with Gasteiger partial charge in [-0.15, -0.1) is 0 Å². The van der Waals surface area contributed by atoms with Gasteiger partial charge in [-0.25, -0.2) is 0 Å². The van der Waals surface area contributed by atoms with E-state index in [0.717, 1.165) is 22.9 Å². The van der Waals surface area contributed by atoms with Crippen molar-refractivity contribution in [2.45, 2.75) is 19.2 Å². The molecular formula is C20H15ClF3NO2. The second-order valence-electron chi connectivity index (χ2n) is 5.92. The summed E-state index contributed by atoms with van der Waals surface area (Å²) in [5.41, 5.74) is -1.02. The summed E-state index contributed by atoms with van der Waals surface area (Å²) in [5, 5.41) is 3.79. The van der Waals surface area contributed by atoms with Crippen molar-refractivity contribution in [3.63, 3.8) is 0 Å². The molecule has 0 radical (unpaired) electrons. The predicted octanol–water partition coefficient (Wildman–Crippen LogP) is 5.92. The van der Waals surface area contributed by atoms with Crippen molar-refractivity contribution in [1.29, 1.82) is 0 Å². The molecule has 1 amide bonds. The lowest BCUT2D eigenvalue weighted by Gasteiger charge is -2.17. The molecule has 0 aromatic heterocycles. The highest BCUT2D eigenvalue weighted by Gasteiger charge is 2.33. The van der Waals surface area contributed by atoms with Crippen LogP contribution in [-0.2, 0) is 11.0 Å². The zero-order valence-electron chi connectivity index (χ0n) is 14.2. The number of carbonyl (C=O) groups excluding carboxylic acids is 1. The number of benzene rings is 3. The van der Waals surface area contributed by atoms with Crippen LogP contribution in [0.2, 0.25) is 5.02 Å². The van der Waals surface area contributed by atoms with E-state index < -0.39 is 28.8 Å². The first kappa shape index (κ1) is 19.0. The van der Waals surface area contributed by atoms with Gasteiger partial charge in [-0.3, -0.25) is 4.79 Å². The largest absolute Gasteiger partial charge is 0.480 e. The molecule has 140 valence electrons. The average molecular weight is 394 g/mol. The quantitative estimate of drug-likeness (QED) is 0.597. The molecule has 0 aliphatic carbocycles. The molecule has 1 atom stereocenters. The lowest BCUT2D eigenvalue weighted by molar-refractivity contribution is -0.137. The van der Waals surface area contributed by atoms with Gasteiger partial charge in [0.15, 0.2) is 6.10 Å². The summed E-state index contributed by atoms with van der Waals surface area (Å²) in [5.74, 6) is -0.0544. The number of hydrogen-bond donors (Lipinski definition) is 1. The van der Waals surface area contributed by atoms with Gasteiger partial charge in [0, 0.05) is 11.1 Å². The Kier molecular flexibility index (Phi) is 5.28. The highest BCUT2D eigenvalue weighted by Crippen LogP contribution is 2.36. The van der Waals surface area contributed by atoms with Gasteiger partial charge in [-0.1, -0.05) is 48.0 Å². The van der Waals surface area contributed by atoms with Crippen LogP contribution >= 0.6 is 11.6 Å². The highest BCUT2D eigenvalue weighted by molar-refractivity contribution is 6.31. The summed E-state index contributed by atoms with van der Waals surface area (Å²) in [6.45, 7) is 1.53. The lowest BCUT2D eigenvalue weighted by Crippen LogP contribution is -2.30. The molecular weight excluding hydrogens is 379 g/mol. The van der Waals surface area contributed by atoms with E-state index in [0.29, 0.717) is 5.75 Å². The zero-order chi connectivity index (χ0) is 19.6. The van der Waals surface area contributed by atoms with Crippen molar-refractivity contribution in [1.82, 2.24) is 0 Å². The molecule has 0 fully saturated rings. The Hall–Kier alpha value is -2.73. The van der Waals surface area contributed by atoms with Crippen molar-refractivity contribution in [3.8, 4) is 5.75 Å². The smallest absolute Gasteiger partial charge is 0.417 e. The molecule has 0 spiro atoms. The molecule has 0 saturated heterocycles. The number of alkyl halides is 3. The maximum absolute atomic E-state index is 12.9. The maximum Gasteiger partial charge on any atom is 0.417 e. The fraction of sp³-hybridized carbons (Fsp3) is 0.150. The lowest BCUT2D eigenvalue weighted by atomic mass is 10.1. The van der Waals surface area contributed by atoms with E-state index in [1.807, 2.05) is 30.3 Å². The van der Waals surface area contributed by atoms with Crippen molar-refractivity contribution in [2.75, 3.05) is 5.32 Å². The van der Waals surface area contributed by atoms with Crippen LogP contribution in [-0.4, -0.2) is 12.0 Å². The Balaban J connectivity index is 1.76. The molecule has 1 unspecified atom stereocenters. The number of rotatable bonds is 4. The van der Waals surface area contributed by atoms with Crippen LogP contribution in [0.15, 0.2) is 60.7 Å². The molecule has 0 bridgehead atoms. The summed E-state index contributed by atoms with van der Waals surface area (Å²) in [6.07, 6.45) is -5.52. The zero-order valence-corrected chi connectivity index (χ0v) is 14.9. The number of ether oxygens (including phenoxy) is 1. The number of amides is 1. The van der Waals surface area contributed by atoms with Gasteiger partial charge < -0.3 is 10.1 Å². The fourth-order valence-corrected chi connectivity index (χ4v) is 2.83. The third-order valence-electron chi connectivity index (χ3n) is 3.96. The number of fused-ring (bicyclic) bond motifs is 1. The number of anilines is 1. The molecule has 3 rings (SSSR count). The monoisotopic (exact) mass is 393 g/mol. The van der Waals surface area contributed by atoms with E-state index in [4.69, 9.17) is 16.3 Å². The molecule has 0 heterocycles. The van der Waals surface area contributed by atoms with Crippen LogP contribution in [0.3, 0.4) is 0 Å². The minimum Gasteiger partial charge on any atom is -0.480 e. The maximum atomic E-state index is 12.9. The van der Waals surface area contributed by atoms with Crippen molar-refractivity contribution >= 4 is 34.0 Å². The van der Waals surface area contributed by atoms with E-state index in [-0.39, 0.29) is 5.69 Å².